The Morgan fingerprint density at radius 2 is 1.48 bits per heavy atom. The van der Waals surface area contributed by atoms with Crippen LogP contribution < -0.4 is 10.2 Å². The molecule has 0 aliphatic carbocycles. The van der Waals surface area contributed by atoms with Gasteiger partial charge in [0, 0.05) is 12.2 Å². The van der Waals surface area contributed by atoms with E-state index in [4.69, 9.17) is 4.98 Å². The van der Waals surface area contributed by atoms with Crippen LogP contribution in [0.15, 0.2) is 91.1 Å². The molecule has 0 fully saturated rings. The maximum absolute atomic E-state index is 4.72. The minimum Gasteiger partial charge on any atom is -0.365 e. The lowest BCUT2D eigenvalue weighted by Gasteiger charge is -2.22. The summed E-state index contributed by atoms with van der Waals surface area (Å²) in [7, 11) is 0. The first-order valence-electron chi connectivity index (χ1n) is 9.63. The van der Waals surface area contributed by atoms with Crippen molar-refractivity contribution >= 4 is 17.5 Å². The molecule has 0 saturated carbocycles. The van der Waals surface area contributed by atoms with Gasteiger partial charge in [-0.2, -0.15) is 10.1 Å². The smallest absolute Gasteiger partial charge is 0.252 e. The van der Waals surface area contributed by atoms with E-state index in [9.17, 15) is 0 Å². The molecule has 3 aromatic carbocycles. The minimum atomic E-state index is 0.564. The Bertz CT molecular complexity index is 1030. The molecule has 5 nitrogen and oxygen atoms in total. The van der Waals surface area contributed by atoms with Crippen molar-refractivity contribution in [1.82, 2.24) is 15.2 Å². The van der Waals surface area contributed by atoms with Gasteiger partial charge in [-0.1, -0.05) is 78.4 Å². The van der Waals surface area contributed by atoms with Crippen LogP contribution in [0, 0.1) is 6.92 Å². The van der Waals surface area contributed by atoms with Crippen LogP contribution in [0.25, 0.3) is 0 Å². The van der Waals surface area contributed by atoms with E-state index in [0.717, 1.165) is 5.69 Å². The number of hydrogen-bond donors (Lipinski definition) is 1. The standard InChI is InChI=1S/C24H23N5/c1-19-12-14-20(15-13-19)16-25-23-17-26-28-24(27-23)29(22-10-6-3-7-11-22)18-21-8-4-2-5-9-21/h2-15,17H,16,18H2,1H3,(H,25,27,28). The van der Waals surface area contributed by atoms with Crippen LogP contribution in [0.5, 0.6) is 0 Å². The van der Waals surface area contributed by atoms with Gasteiger partial charge < -0.3 is 10.2 Å². The second-order valence-electron chi connectivity index (χ2n) is 6.89. The highest BCUT2D eigenvalue weighted by Crippen LogP contribution is 2.24. The van der Waals surface area contributed by atoms with Gasteiger partial charge in [-0.05, 0) is 30.2 Å². The fourth-order valence-corrected chi connectivity index (χ4v) is 3.04. The van der Waals surface area contributed by atoms with E-state index in [-0.39, 0.29) is 0 Å². The third-order valence-corrected chi connectivity index (χ3v) is 4.63. The van der Waals surface area contributed by atoms with Crippen LogP contribution in [0.2, 0.25) is 0 Å². The van der Waals surface area contributed by atoms with Gasteiger partial charge in [0.1, 0.15) is 0 Å². The van der Waals surface area contributed by atoms with Gasteiger partial charge in [0.05, 0.1) is 12.7 Å². The molecule has 4 rings (SSSR count). The Morgan fingerprint density at radius 1 is 0.793 bits per heavy atom. The summed E-state index contributed by atoms with van der Waals surface area (Å²) >= 11 is 0. The van der Waals surface area contributed by atoms with Crippen molar-refractivity contribution in [2.24, 2.45) is 0 Å². The average Bonchev–Trinajstić information content (AvgIpc) is 2.79. The maximum Gasteiger partial charge on any atom is 0.252 e. The van der Waals surface area contributed by atoms with E-state index in [1.165, 1.54) is 16.7 Å². The highest BCUT2D eigenvalue weighted by atomic mass is 15.3. The van der Waals surface area contributed by atoms with Gasteiger partial charge >= 0.3 is 0 Å². The van der Waals surface area contributed by atoms with E-state index < -0.39 is 0 Å². The van der Waals surface area contributed by atoms with Crippen molar-refractivity contribution in [3.63, 3.8) is 0 Å². The highest BCUT2D eigenvalue weighted by Gasteiger charge is 2.14. The highest BCUT2D eigenvalue weighted by molar-refractivity contribution is 5.58. The van der Waals surface area contributed by atoms with Crippen LogP contribution in [0.1, 0.15) is 16.7 Å². The molecule has 29 heavy (non-hydrogen) atoms. The lowest BCUT2D eigenvalue weighted by Crippen LogP contribution is -2.20. The van der Waals surface area contributed by atoms with Crippen molar-refractivity contribution in [3.05, 3.63) is 108 Å². The molecule has 0 spiro atoms. The molecule has 1 heterocycles. The quantitative estimate of drug-likeness (QED) is 0.481. The van der Waals surface area contributed by atoms with E-state index in [1.807, 2.05) is 36.4 Å². The van der Waals surface area contributed by atoms with E-state index in [1.54, 1.807) is 6.20 Å². The molecule has 0 unspecified atom stereocenters. The number of anilines is 3. The zero-order chi connectivity index (χ0) is 19.9. The van der Waals surface area contributed by atoms with Crippen LogP contribution >= 0.6 is 0 Å². The third kappa shape index (κ3) is 4.96. The van der Waals surface area contributed by atoms with Crippen molar-refractivity contribution in [1.29, 1.82) is 0 Å². The first-order valence-corrected chi connectivity index (χ1v) is 9.63. The van der Waals surface area contributed by atoms with Crippen LogP contribution in [0.4, 0.5) is 17.5 Å². The monoisotopic (exact) mass is 381 g/mol. The normalized spacial score (nSPS) is 10.5. The molecular formula is C24H23N5. The molecule has 1 N–H and O–H groups in total. The Morgan fingerprint density at radius 3 is 2.21 bits per heavy atom. The topological polar surface area (TPSA) is 53.9 Å². The molecule has 0 aliphatic heterocycles. The van der Waals surface area contributed by atoms with Crippen molar-refractivity contribution in [2.75, 3.05) is 10.2 Å². The number of aryl methyl sites for hydroxylation is 1. The summed E-state index contributed by atoms with van der Waals surface area (Å²) in [6, 6.07) is 28.9. The molecule has 5 heteroatoms. The van der Waals surface area contributed by atoms with Crippen molar-refractivity contribution in [3.8, 4) is 0 Å². The van der Waals surface area contributed by atoms with Crippen LogP contribution in [0.3, 0.4) is 0 Å². The zero-order valence-electron chi connectivity index (χ0n) is 16.4. The molecule has 0 bridgehead atoms. The van der Waals surface area contributed by atoms with E-state index in [0.29, 0.717) is 24.9 Å². The molecule has 1 aromatic heterocycles. The number of rotatable bonds is 7. The lowest BCUT2D eigenvalue weighted by atomic mass is 10.1. The Hall–Kier alpha value is -3.73. The zero-order valence-corrected chi connectivity index (χ0v) is 16.4. The number of aromatic nitrogens is 3. The summed E-state index contributed by atoms with van der Waals surface area (Å²) in [4.78, 5) is 6.79. The molecular weight excluding hydrogens is 358 g/mol. The van der Waals surface area contributed by atoms with Crippen LogP contribution in [-0.4, -0.2) is 15.2 Å². The molecule has 4 aromatic rings. The Kier molecular flexibility index (Phi) is 5.76. The minimum absolute atomic E-state index is 0.564. The third-order valence-electron chi connectivity index (χ3n) is 4.63. The number of nitrogens with zero attached hydrogens (tertiary/aromatic N) is 4. The molecule has 0 amide bonds. The van der Waals surface area contributed by atoms with E-state index in [2.05, 4.69) is 75.9 Å². The van der Waals surface area contributed by atoms with Gasteiger partial charge in [-0.25, -0.2) is 0 Å². The molecule has 0 saturated heterocycles. The maximum atomic E-state index is 4.72. The number of nitrogens with one attached hydrogen (secondary N) is 1. The fourth-order valence-electron chi connectivity index (χ4n) is 3.04. The first kappa shape index (κ1) is 18.6. The number of para-hydroxylation sites is 1. The van der Waals surface area contributed by atoms with Gasteiger partial charge in [-0.3, -0.25) is 0 Å². The number of benzene rings is 3. The Balaban J connectivity index is 1.57. The summed E-state index contributed by atoms with van der Waals surface area (Å²) in [6.07, 6.45) is 1.66. The molecule has 144 valence electrons. The second kappa shape index (κ2) is 8.97. The fraction of sp³-hybridized carbons (Fsp3) is 0.125. The summed E-state index contributed by atoms with van der Waals surface area (Å²) in [6.45, 7) is 3.43. The van der Waals surface area contributed by atoms with Gasteiger partial charge in [0.25, 0.3) is 5.95 Å². The summed E-state index contributed by atoms with van der Waals surface area (Å²) < 4.78 is 0. The summed E-state index contributed by atoms with van der Waals surface area (Å²) in [5.74, 6) is 1.26. The van der Waals surface area contributed by atoms with E-state index >= 15 is 0 Å². The second-order valence-corrected chi connectivity index (χ2v) is 6.89. The SMILES string of the molecule is Cc1ccc(CNc2cnnc(N(Cc3ccccc3)c3ccccc3)n2)cc1. The predicted molar refractivity (Wildman–Crippen MR) is 117 cm³/mol. The predicted octanol–water partition coefficient (Wildman–Crippen LogP) is 5.13. The molecule has 0 aliphatic rings. The van der Waals surface area contributed by atoms with Gasteiger partial charge in [0.15, 0.2) is 5.82 Å². The van der Waals surface area contributed by atoms with Gasteiger partial charge in [0.2, 0.25) is 0 Å². The summed E-state index contributed by atoms with van der Waals surface area (Å²) in [5, 5.41) is 11.8. The Labute approximate surface area is 171 Å². The lowest BCUT2D eigenvalue weighted by molar-refractivity contribution is 0.860. The largest absolute Gasteiger partial charge is 0.365 e. The number of hydrogen-bond acceptors (Lipinski definition) is 5. The average molecular weight is 381 g/mol. The molecule has 0 atom stereocenters. The first-order chi connectivity index (χ1) is 14.3. The molecule has 0 radical (unpaired) electrons. The van der Waals surface area contributed by atoms with Crippen molar-refractivity contribution in [2.45, 2.75) is 20.0 Å². The summed E-state index contributed by atoms with van der Waals surface area (Å²) in [5.41, 5.74) is 4.64. The van der Waals surface area contributed by atoms with Gasteiger partial charge in [-0.15, -0.1) is 5.10 Å². The van der Waals surface area contributed by atoms with Crippen molar-refractivity contribution < 1.29 is 0 Å². The van der Waals surface area contributed by atoms with Crippen LogP contribution in [-0.2, 0) is 13.1 Å².